The number of halogens is 1. The average molecular weight is 243 g/mol. The molecule has 0 aliphatic heterocycles. The summed E-state index contributed by atoms with van der Waals surface area (Å²) in [4.78, 5) is 10.8. The highest BCUT2D eigenvalue weighted by Gasteiger charge is 2.10. The Hall–Kier alpha value is -0.830. The first-order valence-electron chi connectivity index (χ1n) is 3.90. The summed E-state index contributed by atoms with van der Waals surface area (Å²) < 4.78 is 6.07. The van der Waals surface area contributed by atoms with Gasteiger partial charge in [-0.2, -0.15) is 0 Å². The Morgan fingerprint density at radius 1 is 1.46 bits per heavy atom. The third-order valence-electron chi connectivity index (χ3n) is 2.03. The number of hydrogen-bond donors (Lipinski definition) is 0. The highest BCUT2D eigenvalue weighted by Crippen LogP contribution is 2.30. The molecular weight excluding hydrogens is 232 g/mol. The molecule has 0 fully saturated rings. The summed E-state index contributed by atoms with van der Waals surface area (Å²) in [6.45, 7) is 3.86. The van der Waals surface area contributed by atoms with Gasteiger partial charge in [-0.15, -0.1) is 0 Å². The number of hydrogen-bond acceptors (Lipinski definition) is 2. The molecule has 3 heteroatoms. The van der Waals surface area contributed by atoms with Gasteiger partial charge in [0, 0.05) is 4.47 Å². The Morgan fingerprint density at radius 2 is 2.08 bits per heavy atom. The van der Waals surface area contributed by atoms with Gasteiger partial charge in [0.2, 0.25) is 0 Å². The first-order valence-corrected chi connectivity index (χ1v) is 4.70. The minimum absolute atomic E-state index is 0.611. The van der Waals surface area contributed by atoms with Crippen LogP contribution in [0.15, 0.2) is 10.5 Å². The van der Waals surface area contributed by atoms with E-state index in [9.17, 15) is 4.79 Å². The lowest BCUT2D eigenvalue weighted by Crippen LogP contribution is -1.96. The Labute approximate surface area is 86.0 Å². The number of ether oxygens (including phenoxy) is 1. The predicted octanol–water partition coefficient (Wildman–Crippen LogP) is 2.89. The van der Waals surface area contributed by atoms with E-state index < -0.39 is 0 Å². The minimum Gasteiger partial charge on any atom is -0.496 e. The quantitative estimate of drug-likeness (QED) is 0.746. The molecule has 1 aromatic carbocycles. The summed E-state index contributed by atoms with van der Waals surface area (Å²) in [6, 6.07) is 1.85. The molecule has 0 saturated heterocycles. The minimum atomic E-state index is 0.611. The second kappa shape index (κ2) is 3.92. The molecule has 70 valence electrons. The number of rotatable bonds is 2. The summed E-state index contributed by atoms with van der Waals surface area (Å²) in [5.41, 5.74) is 2.60. The van der Waals surface area contributed by atoms with Crippen LogP contribution in [-0.2, 0) is 0 Å². The molecule has 0 aromatic heterocycles. The van der Waals surface area contributed by atoms with Gasteiger partial charge in [0.05, 0.1) is 12.7 Å². The largest absolute Gasteiger partial charge is 0.496 e. The molecular formula is C10H11BrO2. The van der Waals surface area contributed by atoms with Crippen molar-refractivity contribution in [1.82, 2.24) is 0 Å². The molecule has 1 aromatic rings. The third-order valence-corrected chi connectivity index (χ3v) is 3.25. The topological polar surface area (TPSA) is 26.3 Å². The van der Waals surface area contributed by atoms with Crippen LogP contribution in [0, 0.1) is 13.8 Å². The third kappa shape index (κ3) is 1.75. The summed E-state index contributed by atoms with van der Waals surface area (Å²) in [5, 5.41) is 0. The van der Waals surface area contributed by atoms with E-state index in [4.69, 9.17) is 4.74 Å². The van der Waals surface area contributed by atoms with Crippen LogP contribution in [0.4, 0.5) is 0 Å². The number of aryl methyl sites for hydroxylation is 1. The fourth-order valence-electron chi connectivity index (χ4n) is 1.25. The zero-order chi connectivity index (χ0) is 10.0. The molecule has 0 radical (unpaired) electrons. The standard InChI is InChI=1S/C10H11BrO2/c1-6-4-9(13-3)8(5-12)7(2)10(6)11/h4-5H,1-3H3. The van der Waals surface area contributed by atoms with Crippen molar-refractivity contribution in [3.05, 3.63) is 27.2 Å². The molecule has 0 atom stereocenters. The SMILES string of the molecule is COc1cc(C)c(Br)c(C)c1C=O. The molecule has 0 heterocycles. The maximum atomic E-state index is 10.8. The number of aldehydes is 1. The molecule has 0 bridgehead atoms. The lowest BCUT2D eigenvalue weighted by atomic mass is 10.1. The van der Waals surface area contributed by atoms with Crippen molar-refractivity contribution in [1.29, 1.82) is 0 Å². The van der Waals surface area contributed by atoms with Crippen LogP contribution in [0.1, 0.15) is 21.5 Å². The molecule has 0 aliphatic rings. The average Bonchev–Trinajstić information content (AvgIpc) is 2.13. The predicted molar refractivity (Wildman–Crippen MR) is 55.6 cm³/mol. The van der Waals surface area contributed by atoms with E-state index in [1.807, 2.05) is 19.9 Å². The van der Waals surface area contributed by atoms with Gasteiger partial charge < -0.3 is 4.74 Å². The van der Waals surface area contributed by atoms with Crippen LogP contribution in [0.5, 0.6) is 5.75 Å². The summed E-state index contributed by atoms with van der Waals surface area (Å²) in [6.07, 6.45) is 0.818. The summed E-state index contributed by atoms with van der Waals surface area (Å²) in [7, 11) is 1.56. The number of benzene rings is 1. The lowest BCUT2D eigenvalue weighted by Gasteiger charge is -2.10. The van der Waals surface area contributed by atoms with Gasteiger partial charge in [-0.3, -0.25) is 4.79 Å². The van der Waals surface area contributed by atoms with Gasteiger partial charge in [-0.05, 0) is 31.0 Å². The highest BCUT2D eigenvalue weighted by molar-refractivity contribution is 9.10. The van der Waals surface area contributed by atoms with Crippen LogP contribution in [-0.4, -0.2) is 13.4 Å². The van der Waals surface area contributed by atoms with Crippen molar-refractivity contribution < 1.29 is 9.53 Å². The summed E-state index contributed by atoms with van der Waals surface area (Å²) in [5.74, 6) is 0.633. The van der Waals surface area contributed by atoms with Crippen molar-refractivity contribution in [3.63, 3.8) is 0 Å². The number of methoxy groups -OCH3 is 1. The first-order chi connectivity index (χ1) is 6.11. The normalized spacial score (nSPS) is 9.85. The van der Waals surface area contributed by atoms with Crippen LogP contribution < -0.4 is 4.74 Å². The number of carbonyl (C=O) groups excluding carboxylic acids is 1. The van der Waals surface area contributed by atoms with Gasteiger partial charge in [-0.25, -0.2) is 0 Å². The first kappa shape index (κ1) is 10.3. The van der Waals surface area contributed by atoms with Crippen LogP contribution >= 0.6 is 15.9 Å². The van der Waals surface area contributed by atoms with Crippen molar-refractivity contribution >= 4 is 22.2 Å². The second-order valence-electron chi connectivity index (χ2n) is 2.87. The maximum Gasteiger partial charge on any atom is 0.154 e. The highest BCUT2D eigenvalue weighted by atomic mass is 79.9. The number of carbonyl (C=O) groups is 1. The Morgan fingerprint density at radius 3 is 2.54 bits per heavy atom. The fourth-order valence-corrected chi connectivity index (χ4v) is 1.58. The van der Waals surface area contributed by atoms with E-state index in [1.54, 1.807) is 7.11 Å². The molecule has 2 nitrogen and oxygen atoms in total. The Balaban J connectivity index is 3.47. The van der Waals surface area contributed by atoms with E-state index in [2.05, 4.69) is 15.9 Å². The Kier molecular flexibility index (Phi) is 3.09. The molecule has 0 spiro atoms. The van der Waals surface area contributed by atoms with Gasteiger partial charge in [0.25, 0.3) is 0 Å². The van der Waals surface area contributed by atoms with E-state index >= 15 is 0 Å². The van der Waals surface area contributed by atoms with E-state index in [0.717, 1.165) is 21.9 Å². The van der Waals surface area contributed by atoms with Crippen molar-refractivity contribution in [2.24, 2.45) is 0 Å². The lowest BCUT2D eigenvalue weighted by molar-refractivity contribution is 0.112. The Bertz CT molecular complexity index is 345. The zero-order valence-corrected chi connectivity index (χ0v) is 9.44. The summed E-state index contributed by atoms with van der Waals surface area (Å²) >= 11 is 3.42. The van der Waals surface area contributed by atoms with Crippen molar-refractivity contribution in [2.45, 2.75) is 13.8 Å². The van der Waals surface area contributed by atoms with Crippen LogP contribution in [0.2, 0.25) is 0 Å². The smallest absolute Gasteiger partial charge is 0.154 e. The van der Waals surface area contributed by atoms with Crippen LogP contribution in [0.25, 0.3) is 0 Å². The van der Waals surface area contributed by atoms with E-state index in [1.165, 1.54) is 0 Å². The van der Waals surface area contributed by atoms with Gasteiger partial charge in [-0.1, -0.05) is 15.9 Å². The molecule has 0 N–H and O–H groups in total. The van der Waals surface area contributed by atoms with E-state index in [0.29, 0.717) is 11.3 Å². The van der Waals surface area contributed by atoms with Crippen molar-refractivity contribution in [2.75, 3.05) is 7.11 Å². The van der Waals surface area contributed by atoms with Gasteiger partial charge >= 0.3 is 0 Å². The molecule has 1 rings (SSSR count). The molecule has 0 amide bonds. The van der Waals surface area contributed by atoms with Crippen molar-refractivity contribution in [3.8, 4) is 5.75 Å². The molecule has 0 saturated carbocycles. The van der Waals surface area contributed by atoms with Crippen LogP contribution in [0.3, 0.4) is 0 Å². The fraction of sp³-hybridized carbons (Fsp3) is 0.300. The zero-order valence-electron chi connectivity index (χ0n) is 7.85. The second-order valence-corrected chi connectivity index (χ2v) is 3.66. The monoisotopic (exact) mass is 242 g/mol. The molecule has 0 unspecified atom stereocenters. The van der Waals surface area contributed by atoms with Gasteiger partial charge in [0.15, 0.2) is 6.29 Å². The van der Waals surface area contributed by atoms with E-state index in [-0.39, 0.29) is 0 Å². The molecule has 13 heavy (non-hydrogen) atoms. The molecule has 0 aliphatic carbocycles. The maximum absolute atomic E-state index is 10.8. The van der Waals surface area contributed by atoms with Gasteiger partial charge in [0.1, 0.15) is 5.75 Å².